The molecule has 0 aliphatic rings. The molecular weight excluding hydrogens is 296 g/mol. The Labute approximate surface area is 133 Å². The second-order valence-electron chi connectivity index (χ2n) is 4.53. The fraction of sp³-hybridized carbons (Fsp3) is 0.188. The highest BCUT2D eigenvalue weighted by atomic mass is 32.2. The predicted molar refractivity (Wildman–Crippen MR) is 85.3 cm³/mol. The van der Waals surface area contributed by atoms with Gasteiger partial charge in [-0.1, -0.05) is 23.9 Å². The van der Waals surface area contributed by atoms with Crippen molar-refractivity contribution in [1.82, 2.24) is 4.98 Å². The molecule has 1 aromatic heterocycles. The van der Waals surface area contributed by atoms with E-state index in [-0.39, 0.29) is 16.6 Å². The largest absolute Gasteiger partial charge is 0.497 e. The molecule has 5 nitrogen and oxygen atoms in total. The summed E-state index contributed by atoms with van der Waals surface area (Å²) in [6, 6.07) is 13.2. The first-order valence-corrected chi connectivity index (χ1v) is 7.38. The molecule has 0 aliphatic heterocycles. The normalized spacial score (nSPS) is 11.3. The van der Waals surface area contributed by atoms with Crippen LogP contribution in [0.25, 0.3) is 0 Å². The molecule has 0 fully saturated rings. The summed E-state index contributed by atoms with van der Waals surface area (Å²) >= 11 is 1.42. The van der Waals surface area contributed by atoms with Crippen LogP contribution in [0.2, 0.25) is 0 Å². The molecule has 0 radical (unpaired) electrons. The van der Waals surface area contributed by atoms with Crippen LogP contribution in [0, 0.1) is 22.7 Å². The quantitative estimate of drug-likeness (QED) is 0.871. The first-order valence-electron chi connectivity index (χ1n) is 6.50. The third kappa shape index (κ3) is 3.30. The van der Waals surface area contributed by atoms with Crippen LogP contribution in [0.4, 0.5) is 5.82 Å². The maximum absolute atomic E-state index is 9.22. The lowest BCUT2D eigenvalue weighted by Gasteiger charge is -2.13. The van der Waals surface area contributed by atoms with Crippen LogP contribution in [0.15, 0.2) is 35.4 Å². The highest BCUT2D eigenvalue weighted by molar-refractivity contribution is 7.99. The van der Waals surface area contributed by atoms with Gasteiger partial charge in [-0.25, -0.2) is 4.98 Å². The molecule has 0 unspecified atom stereocenters. The Morgan fingerprint density at radius 3 is 2.59 bits per heavy atom. The van der Waals surface area contributed by atoms with E-state index in [0.717, 1.165) is 11.3 Å². The zero-order valence-corrected chi connectivity index (χ0v) is 13.0. The number of rotatable bonds is 4. The van der Waals surface area contributed by atoms with Gasteiger partial charge in [0, 0.05) is 5.25 Å². The minimum atomic E-state index is 0.0574. The molecule has 1 heterocycles. The number of nitriles is 2. The number of benzene rings is 1. The molecule has 2 N–H and O–H groups in total. The van der Waals surface area contributed by atoms with E-state index in [4.69, 9.17) is 15.7 Å². The first kappa shape index (κ1) is 15.7. The average molecular weight is 310 g/mol. The van der Waals surface area contributed by atoms with Gasteiger partial charge in [0.05, 0.1) is 18.2 Å². The van der Waals surface area contributed by atoms with Crippen molar-refractivity contribution in [3.63, 3.8) is 0 Å². The molecule has 22 heavy (non-hydrogen) atoms. The standard InChI is InChI=1S/C16H14N4OS/c1-10(11-4-3-5-14(7-11)21-2)22-16-13(9-18)6-12(8-17)15(19)20-16/h3-7,10H,1-2H3,(H2,19,20)/t10-/m1/s1. The molecule has 1 aromatic carbocycles. The lowest BCUT2D eigenvalue weighted by atomic mass is 10.1. The van der Waals surface area contributed by atoms with Crippen molar-refractivity contribution < 1.29 is 4.74 Å². The number of methoxy groups -OCH3 is 1. The highest BCUT2D eigenvalue weighted by Crippen LogP contribution is 2.37. The maximum Gasteiger partial charge on any atom is 0.142 e. The summed E-state index contributed by atoms with van der Waals surface area (Å²) in [6.45, 7) is 2.01. The van der Waals surface area contributed by atoms with Gasteiger partial charge in [0.15, 0.2) is 0 Å². The Kier molecular flexibility index (Phi) is 4.88. The Morgan fingerprint density at radius 1 is 1.23 bits per heavy atom. The molecule has 0 saturated heterocycles. The molecule has 2 rings (SSSR count). The van der Waals surface area contributed by atoms with Crippen LogP contribution < -0.4 is 10.5 Å². The van der Waals surface area contributed by atoms with Crippen LogP contribution in [0.5, 0.6) is 5.75 Å². The molecule has 0 saturated carbocycles. The number of nitrogens with two attached hydrogens (primary N) is 1. The number of anilines is 1. The number of nitrogens with zero attached hydrogens (tertiary/aromatic N) is 3. The summed E-state index contributed by atoms with van der Waals surface area (Å²) < 4.78 is 5.22. The number of aromatic nitrogens is 1. The third-order valence-electron chi connectivity index (χ3n) is 3.11. The average Bonchev–Trinajstić information content (AvgIpc) is 2.55. The van der Waals surface area contributed by atoms with Crippen LogP contribution in [-0.2, 0) is 0 Å². The molecule has 1 atom stereocenters. The monoisotopic (exact) mass is 310 g/mol. The van der Waals surface area contributed by atoms with Crippen LogP contribution in [0.3, 0.4) is 0 Å². The van der Waals surface area contributed by atoms with E-state index in [2.05, 4.69) is 11.1 Å². The maximum atomic E-state index is 9.22. The summed E-state index contributed by atoms with van der Waals surface area (Å²) in [7, 11) is 1.62. The van der Waals surface area contributed by atoms with E-state index in [1.165, 1.54) is 17.8 Å². The number of nitrogen functional groups attached to an aromatic ring is 1. The van der Waals surface area contributed by atoms with Crippen molar-refractivity contribution in [3.8, 4) is 17.9 Å². The van der Waals surface area contributed by atoms with E-state index in [1.807, 2.05) is 37.3 Å². The summed E-state index contributed by atoms with van der Waals surface area (Å²) in [5.74, 6) is 0.916. The summed E-state index contributed by atoms with van der Waals surface area (Å²) in [6.07, 6.45) is 0. The number of thioether (sulfide) groups is 1. The van der Waals surface area contributed by atoms with Crippen molar-refractivity contribution in [2.45, 2.75) is 17.2 Å². The fourth-order valence-corrected chi connectivity index (χ4v) is 2.90. The second kappa shape index (κ2) is 6.84. The van der Waals surface area contributed by atoms with E-state index >= 15 is 0 Å². The lowest BCUT2D eigenvalue weighted by Crippen LogP contribution is -2.00. The van der Waals surface area contributed by atoms with Crippen molar-refractivity contribution in [1.29, 1.82) is 10.5 Å². The molecule has 110 valence electrons. The van der Waals surface area contributed by atoms with Gasteiger partial charge in [-0.3, -0.25) is 0 Å². The zero-order chi connectivity index (χ0) is 16.1. The Balaban J connectivity index is 2.32. The van der Waals surface area contributed by atoms with Gasteiger partial charge in [-0.15, -0.1) is 0 Å². The molecule has 0 aliphatic carbocycles. The van der Waals surface area contributed by atoms with Gasteiger partial charge < -0.3 is 10.5 Å². The smallest absolute Gasteiger partial charge is 0.142 e. The van der Waals surface area contributed by atoms with Gasteiger partial charge in [0.2, 0.25) is 0 Å². The zero-order valence-electron chi connectivity index (χ0n) is 12.2. The summed E-state index contributed by atoms with van der Waals surface area (Å²) in [4.78, 5) is 4.19. The van der Waals surface area contributed by atoms with Crippen molar-refractivity contribution in [2.24, 2.45) is 0 Å². The number of hydrogen-bond acceptors (Lipinski definition) is 6. The van der Waals surface area contributed by atoms with Crippen molar-refractivity contribution in [2.75, 3.05) is 12.8 Å². The molecular formula is C16H14N4OS. The van der Waals surface area contributed by atoms with Gasteiger partial charge in [-0.2, -0.15) is 10.5 Å². The fourth-order valence-electron chi connectivity index (χ4n) is 1.90. The van der Waals surface area contributed by atoms with Crippen molar-refractivity contribution in [3.05, 3.63) is 47.0 Å². The molecule has 6 heteroatoms. The van der Waals surface area contributed by atoms with E-state index in [0.29, 0.717) is 10.6 Å². The lowest BCUT2D eigenvalue weighted by molar-refractivity contribution is 0.414. The second-order valence-corrected chi connectivity index (χ2v) is 5.86. The molecule has 2 aromatic rings. The minimum Gasteiger partial charge on any atom is -0.497 e. The Morgan fingerprint density at radius 2 is 1.95 bits per heavy atom. The van der Waals surface area contributed by atoms with Crippen molar-refractivity contribution >= 4 is 17.6 Å². The Bertz CT molecular complexity index is 777. The summed E-state index contributed by atoms with van der Waals surface area (Å²) in [5, 5.41) is 18.7. The number of ether oxygens (including phenoxy) is 1. The van der Waals surface area contributed by atoms with Crippen LogP contribution in [0.1, 0.15) is 28.9 Å². The van der Waals surface area contributed by atoms with E-state index < -0.39 is 0 Å². The number of hydrogen-bond donors (Lipinski definition) is 1. The molecule has 0 bridgehead atoms. The van der Waals surface area contributed by atoms with Gasteiger partial charge in [0.1, 0.15) is 28.7 Å². The SMILES string of the molecule is COc1cccc([C@@H](C)Sc2nc(N)c(C#N)cc2C#N)c1. The van der Waals surface area contributed by atoms with Crippen LogP contribution in [-0.4, -0.2) is 12.1 Å². The van der Waals surface area contributed by atoms with E-state index in [9.17, 15) is 5.26 Å². The van der Waals surface area contributed by atoms with E-state index in [1.54, 1.807) is 7.11 Å². The van der Waals surface area contributed by atoms with Crippen LogP contribution >= 0.6 is 11.8 Å². The highest BCUT2D eigenvalue weighted by Gasteiger charge is 2.15. The predicted octanol–water partition coefficient (Wildman–Crippen LogP) is 3.27. The molecule has 0 amide bonds. The first-order chi connectivity index (χ1) is 10.6. The Hall–Kier alpha value is -2.70. The number of pyridine rings is 1. The van der Waals surface area contributed by atoms with Gasteiger partial charge in [0.25, 0.3) is 0 Å². The minimum absolute atomic E-state index is 0.0574. The third-order valence-corrected chi connectivity index (χ3v) is 4.27. The topological polar surface area (TPSA) is 95.7 Å². The molecule has 0 spiro atoms. The van der Waals surface area contributed by atoms with Gasteiger partial charge in [-0.05, 0) is 30.7 Å². The summed E-state index contributed by atoms with van der Waals surface area (Å²) in [5.41, 5.74) is 7.36. The van der Waals surface area contributed by atoms with Gasteiger partial charge >= 0.3 is 0 Å².